The van der Waals surface area contributed by atoms with Crippen molar-refractivity contribution in [2.75, 3.05) is 6.61 Å². The molecule has 0 unspecified atom stereocenters. The van der Waals surface area contributed by atoms with E-state index >= 15 is 0 Å². The highest BCUT2D eigenvalue weighted by atomic mass is 19.1. The number of carbonyl (C=O) groups excluding carboxylic acids is 2. The van der Waals surface area contributed by atoms with Gasteiger partial charge in [-0.15, -0.1) is 0 Å². The summed E-state index contributed by atoms with van der Waals surface area (Å²) in [6, 6.07) is 20.8. The zero-order valence-electron chi connectivity index (χ0n) is 19.8. The fourth-order valence-corrected chi connectivity index (χ4v) is 4.03. The number of ether oxygens (including phenoxy) is 1. The normalized spacial score (nSPS) is 11.7. The Balaban J connectivity index is 1.89. The zero-order chi connectivity index (χ0) is 25.9. The fraction of sp³-hybridized carbons (Fsp3) is 0.107. The number of halogens is 1. The quantitative estimate of drug-likeness (QED) is 0.273. The van der Waals surface area contributed by atoms with Gasteiger partial charge in [-0.2, -0.15) is 4.99 Å². The van der Waals surface area contributed by atoms with Crippen molar-refractivity contribution in [1.29, 1.82) is 0 Å². The van der Waals surface area contributed by atoms with Gasteiger partial charge in [0.15, 0.2) is 5.49 Å². The van der Waals surface area contributed by atoms with Crippen LogP contribution in [0.25, 0.3) is 16.7 Å². The minimum absolute atomic E-state index is 0.0173. The van der Waals surface area contributed by atoms with Crippen molar-refractivity contribution in [1.82, 2.24) is 14.0 Å². The van der Waals surface area contributed by atoms with Gasteiger partial charge in [-0.3, -0.25) is 14.0 Å². The maximum atomic E-state index is 13.4. The second-order valence-electron chi connectivity index (χ2n) is 8.18. The largest absolute Gasteiger partial charge is 0.462 e. The lowest BCUT2D eigenvalue weighted by molar-refractivity contribution is 0.0523. The summed E-state index contributed by atoms with van der Waals surface area (Å²) < 4.78 is 21.6. The first-order valence-corrected chi connectivity index (χ1v) is 11.6. The second kappa shape index (κ2) is 9.98. The van der Waals surface area contributed by atoms with Crippen molar-refractivity contribution in [3.63, 3.8) is 0 Å². The first kappa shape index (κ1) is 23.8. The number of nitrogens with zero attached hydrogens (tertiary/aromatic N) is 4. The van der Waals surface area contributed by atoms with Gasteiger partial charge in [-0.25, -0.2) is 14.2 Å². The van der Waals surface area contributed by atoms with Crippen LogP contribution in [0.4, 0.5) is 4.39 Å². The molecule has 0 atom stereocenters. The highest BCUT2D eigenvalue weighted by Crippen LogP contribution is 2.14. The molecule has 5 rings (SSSR count). The topological polar surface area (TPSA) is 95.0 Å². The molecule has 184 valence electrons. The van der Waals surface area contributed by atoms with E-state index in [9.17, 15) is 18.8 Å². The number of hydrogen-bond donors (Lipinski definition) is 0. The first-order chi connectivity index (χ1) is 18.0. The molecular formula is C28H21FN4O4. The molecule has 0 spiro atoms. The third-order valence-corrected chi connectivity index (χ3v) is 5.77. The number of amides is 1. The highest BCUT2D eigenvalue weighted by molar-refractivity contribution is 5.97. The number of aromatic nitrogens is 3. The van der Waals surface area contributed by atoms with Gasteiger partial charge < -0.3 is 9.30 Å². The van der Waals surface area contributed by atoms with Crippen molar-refractivity contribution >= 4 is 28.6 Å². The van der Waals surface area contributed by atoms with Gasteiger partial charge in [0.25, 0.3) is 11.5 Å². The van der Waals surface area contributed by atoms with Gasteiger partial charge in [-0.05, 0) is 55.0 Å². The van der Waals surface area contributed by atoms with Crippen LogP contribution in [0.3, 0.4) is 0 Å². The van der Waals surface area contributed by atoms with Gasteiger partial charge in [-0.1, -0.05) is 36.4 Å². The van der Waals surface area contributed by atoms with Crippen molar-refractivity contribution < 1.29 is 18.7 Å². The van der Waals surface area contributed by atoms with Crippen LogP contribution in [0.5, 0.6) is 0 Å². The Bertz CT molecular complexity index is 1770. The van der Waals surface area contributed by atoms with E-state index in [-0.39, 0.29) is 46.4 Å². The minimum atomic E-state index is -0.741. The number of fused-ring (bicyclic) bond motifs is 2. The number of hydrogen-bond acceptors (Lipinski definition) is 5. The molecule has 0 aliphatic heterocycles. The third-order valence-electron chi connectivity index (χ3n) is 5.77. The molecule has 3 heterocycles. The van der Waals surface area contributed by atoms with E-state index in [2.05, 4.69) is 9.98 Å². The Morgan fingerprint density at radius 2 is 1.73 bits per heavy atom. The van der Waals surface area contributed by atoms with Gasteiger partial charge in [0.05, 0.1) is 18.5 Å². The van der Waals surface area contributed by atoms with Crippen LogP contribution in [0, 0.1) is 5.82 Å². The number of carbonyl (C=O) groups is 2. The molecule has 0 saturated carbocycles. The minimum Gasteiger partial charge on any atom is -0.462 e. The molecule has 0 radical (unpaired) electrons. The Morgan fingerprint density at radius 3 is 2.46 bits per heavy atom. The highest BCUT2D eigenvalue weighted by Gasteiger charge is 2.20. The Hall–Kier alpha value is -4.92. The summed E-state index contributed by atoms with van der Waals surface area (Å²) in [5.74, 6) is -1.93. The first-order valence-electron chi connectivity index (χ1n) is 11.6. The van der Waals surface area contributed by atoms with E-state index in [0.29, 0.717) is 5.65 Å². The average molecular weight is 496 g/mol. The van der Waals surface area contributed by atoms with Crippen LogP contribution in [0.15, 0.2) is 94.8 Å². The van der Waals surface area contributed by atoms with E-state index in [1.54, 1.807) is 35.9 Å². The molecule has 0 saturated heterocycles. The monoisotopic (exact) mass is 496 g/mol. The molecule has 3 aromatic heterocycles. The van der Waals surface area contributed by atoms with Crippen LogP contribution in [0.2, 0.25) is 0 Å². The molecule has 1 amide bonds. The number of pyridine rings is 2. The third kappa shape index (κ3) is 4.66. The van der Waals surface area contributed by atoms with Crippen LogP contribution in [-0.4, -0.2) is 32.4 Å². The molecule has 0 bridgehead atoms. The van der Waals surface area contributed by atoms with E-state index in [0.717, 1.165) is 17.7 Å². The lowest BCUT2D eigenvalue weighted by Crippen LogP contribution is -2.33. The van der Waals surface area contributed by atoms with E-state index < -0.39 is 17.7 Å². The maximum absolute atomic E-state index is 13.4. The average Bonchev–Trinajstić information content (AvgIpc) is 2.91. The van der Waals surface area contributed by atoms with Crippen LogP contribution < -0.4 is 11.0 Å². The molecule has 0 fully saturated rings. The Labute approximate surface area is 209 Å². The number of rotatable bonds is 5. The standard InChI is InChI=1S/C28H21FN4O4/c1-2-37-28(36)22-16-21-24(30-23-10-6-7-15-32(23)27(21)35)33(17-18-8-4-3-5-9-18)25(22)31-26(34)19-11-13-20(29)14-12-19/h3-16H,2,17H2,1H3. The van der Waals surface area contributed by atoms with Crippen molar-refractivity contribution in [3.05, 3.63) is 123 Å². The van der Waals surface area contributed by atoms with E-state index in [1.165, 1.54) is 22.6 Å². The summed E-state index contributed by atoms with van der Waals surface area (Å²) in [5.41, 5.74) is 1.14. The summed E-state index contributed by atoms with van der Waals surface area (Å²) in [6.45, 7) is 1.90. The summed E-state index contributed by atoms with van der Waals surface area (Å²) >= 11 is 0. The molecule has 0 aliphatic carbocycles. The van der Waals surface area contributed by atoms with Crippen LogP contribution >= 0.6 is 0 Å². The van der Waals surface area contributed by atoms with Crippen LogP contribution in [-0.2, 0) is 11.3 Å². The van der Waals surface area contributed by atoms with Gasteiger partial charge in [0, 0.05) is 11.8 Å². The lowest BCUT2D eigenvalue weighted by Gasteiger charge is -2.15. The maximum Gasteiger partial charge on any atom is 0.341 e. The summed E-state index contributed by atoms with van der Waals surface area (Å²) in [6.07, 6.45) is 1.59. The van der Waals surface area contributed by atoms with Crippen molar-refractivity contribution in [2.45, 2.75) is 13.5 Å². The fourth-order valence-electron chi connectivity index (χ4n) is 4.03. The van der Waals surface area contributed by atoms with Crippen molar-refractivity contribution in [3.8, 4) is 0 Å². The number of benzene rings is 2. The molecular weight excluding hydrogens is 475 g/mol. The Morgan fingerprint density at radius 1 is 1.00 bits per heavy atom. The smallest absolute Gasteiger partial charge is 0.341 e. The summed E-state index contributed by atoms with van der Waals surface area (Å²) in [5, 5.41) is 0.163. The molecule has 2 aromatic carbocycles. The molecule has 37 heavy (non-hydrogen) atoms. The number of esters is 1. The van der Waals surface area contributed by atoms with Crippen LogP contribution in [0.1, 0.15) is 33.2 Å². The molecule has 0 N–H and O–H groups in total. The molecule has 0 aliphatic rings. The molecule has 8 nitrogen and oxygen atoms in total. The van der Waals surface area contributed by atoms with E-state index in [1.807, 2.05) is 30.3 Å². The SMILES string of the molecule is CCOC(=O)c1cc2c(=O)n3ccccc3nc2n(Cc2ccccc2)c1=NC(=O)c1ccc(F)cc1. The second-order valence-corrected chi connectivity index (χ2v) is 8.18. The molecule has 5 aromatic rings. The molecule has 9 heteroatoms. The Kier molecular flexibility index (Phi) is 6.42. The lowest BCUT2D eigenvalue weighted by atomic mass is 10.1. The van der Waals surface area contributed by atoms with Gasteiger partial charge in [0.1, 0.15) is 22.7 Å². The summed E-state index contributed by atoms with van der Waals surface area (Å²) in [4.78, 5) is 48.6. The van der Waals surface area contributed by atoms with Gasteiger partial charge >= 0.3 is 5.97 Å². The predicted molar refractivity (Wildman–Crippen MR) is 135 cm³/mol. The zero-order valence-corrected chi connectivity index (χ0v) is 19.8. The summed E-state index contributed by atoms with van der Waals surface area (Å²) in [7, 11) is 0. The van der Waals surface area contributed by atoms with E-state index in [4.69, 9.17) is 4.74 Å². The van der Waals surface area contributed by atoms with Crippen molar-refractivity contribution in [2.24, 2.45) is 4.99 Å². The predicted octanol–water partition coefficient (Wildman–Crippen LogP) is 3.75. The van der Waals surface area contributed by atoms with Gasteiger partial charge in [0.2, 0.25) is 0 Å².